The molecule has 1 fully saturated rings. The van der Waals surface area contributed by atoms with Crippen LogP contribution in [0, 0.1) is 0 Å². The number of amides is 1. The Bertz CT molecular complexity index is 554. The highest BCUT2D eigenvalue weighted by molar-refractivity contribution is 7.80. The zero-order valence-electron chi connectivity index (χ0n) is 10.2. The van der Waals surface area contributed by atoms with E-state index in [0.717, 1.165) is 23.3 Å². The van der Waals surface area contributed by atoms with Crippen LogP contribution in [0.3, 0.4) is 0 Å². The first kappa shape index (κ1) is 11.5. The first-order valence-electron chi connectivity index (χ1n) is 5.88. The normalized spacial score (nSPS) is 24.2. The Morgan fingerprint density at radius 3 is 2.89 bits per heavy atom. The highest BCUT2D eigenvalue weighted by Crippen LogP contribution is 2.40. The summed E-state index contributed by atoms with van der Waals surface area (Å²) < 4.78 is 5.96. The van der Waals surface area contributed by atoms with Crippen LogP contribution in [0.5, 0.6) is 5.75 Å². The fourth-order valence-electron chi connectivity index (χ4n) is 2.50. The van der Waals surface area contributed by atoms with Crippen molar-refractivity contribution in [2.45, 2.75) is 31.9 Å². The summed E-state index contributed by atoms with van der Waals surface area (Å²) in [5, 5.41) is 5.95. The summed E-state index contributed by atoms with van der Waals surface area (Å²) in [6.45, 7) is 4.09. The molecule has 1 unspecified atom stereocenters. The number of fused-ring (bicyclic) bond motifs is 1. The second kappa shape index (κ2) is 3.68. The van der Waals surface area contributed by atoms with E-state index in [1.54, 1.807) is 0 Å². The number of hydrogen-bond donors (Lipinski definition) is 2. The molecule has 2 aliphatic heterocycles. The zero-order valence-corrected chi connectivity index (χ0v) is 11.1. The fraction of sp³-hybridized carbons (Fsp3) is 0.385. The molecule has 1 aromatic rings. The fourth-order valence-corrected chi connectivity index (χ4v) is 2.72. The Labute approximate surface area is 111 Å². The van der Waals surface area contributed by atoms with E-state index in [9.17, 15) is 4.79 Å². The SMILES string of the molecule is CC1(C)Cc2cccc(C3NC(=S)NC3=O)c2O1. The van der Waals surface area contributed by atoms with Crippen LogP contribution in [-0.2, 0) is 11.2 Å². The van der Waals surface area contributed by atoms with Gasteiger partial charge < -0.3 is 15.4 Å². The zero-order chi connectivity index (χ0) is 12.9. The lowest BCUT2D eigenvalue weighted by Crippen LogP contribution is -2.26. The van der Waals surface area contributed by atoms with E-state index in [2.05, 4.69) is 10.6 Å². The molecule has 3 rings (SSSR count). The number of carbonyl (C=O) groups is 1. The molecule has 0 aromatic heterocycles. The highest BCUT2D eigenvalue weighted by Gasteiger charge is 2.37. The number of benzene rings is 1. The maximum absolute atomic E-state index is 11.8. The van der Waals surface area contributed by atoms with Gasteiger partial charge in [-0.25, -0.2) is 0 Å². The van der Waals surface area contributed by atoms with Crippen LogP contribution in [0.2, 0.25) is 0 Å². The van der Waals surface area contributed by atoms with E-state index >= 15 is 0 Å². The summed E-state index contributed by atoms with van der Waals surface area (Å²) in [5.74, 6) is 0.696. The van der Waals surface area contributed by atoms with Gasteiger partial charge in [0.2, 0.25) is 0 Å². The third-order valence-corrected chi connectivity index (χ3v) is 3.43. The van der Waals surface area contributed by atoms with Crippen LogP contribution in [0.25, 0.3) is 0 Å². The first-order valence-corrected chi connectivity index (χ1v) is 6.29. The Balaban J connectivity index is 2.03. The van der Waals surface area contributed by atoms with Crippen LogP contribution in [0.1, 0.15) is 31.0 Å². The Morgan fingerprint density at radius 2 is 2.22 bits per heavy atom. The van der Waals surface area contributed by atoms with Crippen LogP contribution in [0.15, 0.2) is 18.2 Å². The molecule has 0 saturated carbocycles. The summed E-state index contributed by atoms with van der Waals surface area (Å²) in [6.07, 6.45) is 0.856. The molecule has 2 aliphatic rings. The summed E-state index contributed by atoms with van der Waals surface area (Å²) >= 11 is 4.96. The van der Waals surface area contributed by atoms with Crippen molar-refractivity contribution in [3.05, 3.63) is 29.3 Å². The van der Waals surface area contributed by atoms with E-state index < -0.39 is 6.04 Å². The van der Waals surface area contributed by atoms with Crippen LogP contribution < -0.4 is 15.4 Å². The molecule has 4 nitrogen and oxygen atoms in total. The smallest absolute Gasteiger partial charge is 0.253 e. The topological polar surface area (TPSA) is 50.4 Å². The van der Waals surface area contributed by atoms with Gasteiger partial charge in [-0.15, -0.1) is 0 Å². The molecule has 0 bridgehead atoms. The first-order chi connectivity index (χ1) is 8.46. The number of nitrogens with one attached hydrogen (secondary N) is 2. The van der Waals surface area contributed by atoms with Gasteiger partial charge in [-0.2, -0.15) is 0 Å². The van der Waals surface area contributed by atoms with Gasteiger partial charge in [0.15, 0.2) is 5.11 Å². The van der Waals surface area contributed by atoms with Crippen molar-refractivity contribution in [3.8, 4) is 5.75 Å². The Hall–Kier alpha value is -1.62. The molecular weight excluding hydrogens is 248 g/mol. The van der Waals surface area contributed by atoms with Crippen LogP contribution in [0.4, 0.5) is 0 Å². The maximum Gasteiger partial charge on any atom is 0.253 e. The molecule has 1 atom stereocenters. The molecule has 1 aromatic carbocycles. The predicted octanol–water partition coefficient (Wildman–Crippen LogP) is 1.45. The minimum atomic E-state index is -0.443. The summed E-state index contributed by atoms with van der Waals surface area (Å²) in [4.78, 5) is 11.8. The largest absolute Gasteiger partial charge is 0.487 e. The van der Waals surface area contributed by atoms with Gasteiger partial charge in [0.1, 0.15) is 17.4 Å². The quantitative estimate of drug-likeness (QED) is 0.752. The van der Waals surface area contributed by atoms with Gasteiger partial charge in [-0.1, -0.05) is 18.2 Å². The number of hydrogen-bond acceptors (Lipinski definition) is 3. The predicted molar refractivity (Wildman–Crippen MR) is 71.5 cm³/mol. The summed E-state index contributed by atoms with van der Waals surface area (Å²) in [6, 6.07) is 5.46. The van der Waals surface area contributed by atoms with Gasteiger partial charge in [0, 0.05) is 12.0 Å². The third-order valence-electron chi connectivity index (χ3n) is 3.21. The van der Waals surface area contributed by atoms with Crippen molar-refractivity contribution in [1.82, 2.24) is 10.6 Å². The third kappa shape index (κ3) is 1.75. The Morgan fingerprint density at radius 1 is 1.44 bits per heavy atom. The monoisotopic (exact) mass is 262 g/mol. The lowest BCUT2D eigenvalue weighted by Gasteiger charge is -2.19. The minimum Gasteiger partial charge on any atom is -0.487 e. The Kier molecular flexibility index (Phi) is 2.35. The van der Waals surface area contributed by atoms with E-state index in [1.807, 2.05) is 32.0 Å². The molecule has 0 spiro atoms. The van der Waals surface area contributed by atoms with E-state index in [-0.39, 0.29) is 11.5 Å². The molecule has 2 N–H and O–H groups in total. The number of ether oxygens (including phenoxy) is 1. The van der Waals surface area contributed by atoms with E-state index in [0.29, 0.717) is 5.11 Å². The standard InChI is InChI=1S/C13H14N2O2S/c1-13(2)6-7-4-3-5-8(10(7)17-13)9-11(16)15-12(18)14-9/h3-5,9H,6H2,1-2H3,(H2,14,15,16,18). The molecule has 0 radical (unpaired) electrons. The molecule has 2 heterocycles. The van der Waals surface area contributed by atoms with E-state index in [1.165, 1.54) is 0 Å². The highest BCUT2D eigenvalue weighted by atomic mass is 32.1. The van der Waals surface area contributed by atoms with Crippen molar-refractivity contribution in [2.75, 3.05) is 0 Å². The number of thiocarbonyl (C=S) groups is 1. The number of para-hydroxylation sites is 1. The van der Waals surface area contributed by atoms with Gasteiger partial charge in [-0.05, 0) is 31.6 Å². The van der Waals surface area contributed by atoms with Crippen molar-refractivity contribution >= 4 is 23.2 Å². The maximum atomic E-state index is 11.8. The lowest BCUT2D eigenvalue weighted by atomic mass is 9.98. The van der Waals surface area contributed by atoms with Crippen LogP contribution in [-0.4, -0.2) is 16.6 Å². The van der Waals surface area contributed by atoms with Gasteiger partial charge in [-0.3, -0.25) is 4.79 Å². The second-order valence-electron chi connectivity index (χ2n) is 5.27. The molecule has 18 heavy (non-hydrogen) atoms. The molecule has 94 valence electrons. The van der Waals surface area contributed by atoms with Crippen molar-refractivity contribution < 1.29 is 9.53 Å². The second-order valence-corrected chi connectivity index (χ2v) is 5.68. The average Bonchev–Trinajstić information content (AvgIpc) is 2.75. The average molecular weight is 262 g/mol. The van der Waals surface area contributed by atoms with Crippen molar-refractivity contribution in [1.29, 1.82) is 0 Å². The molecule has 1 amide bonds. The minimum absolute atomic E-state index is 0.123. The van der Waals surface area contributed by atoms with E-state index in [4.69, 9.17) is 17.0 Å². The number of carbonyl (C=O) groups excluding carboxylic acids is 1. The van der Waals surface area contributed by atoms with Crippen LogP contribution >= 0.6 is 12.2 Å². The summed E-state index contributed by atoms with van der Waals surface area (Å²) in [5.41, 5.74) is 1.79. The molecule has 1 saturated heterocycles. The van der Waals surface area contributed by atoms with Crippen molar-refractivity contribution in [2.24, 2.45) is 0 Å². The molecule has 5 heteroatoms. The van der Waals surface area contributed by atoms with Gasteiger partial charge in [0.25, 0.3) is 5.91 Å². The lowest BCUT2D eigenvalue weighted by molar-refractivity contribution is -0.120. The number of rotatable bonds is 1. The van der Waals surface area contributed by atoms with Gasteiger partial charge in [0.05, 0.1) is 0 Å². The van der Waals surface area contributed by atoms with Crippen molar-refractivity contribution in [3.63, 3.8) is 0 Å². The molecule has 0 aliphatic carbocycles. The summed E-state index contributed by atoms with van der Waals surface area (Å²) in [7, 11) is 0. The molecular formula is C13H14N2O2S. The van der Waals surface area contributed by atoms with Gasteiger partial charge >= 0.3 is 0 Å².